The molecule has 1 saturated carbocycles. The number of nitrogens with zero attached hydrogens (tertiary/aromatic N) is 7. The average molecular weight is 595 g/mol. The summed E-state index contributed by atoms with van der Waals surface area (Å²) in [5.41, 5.74) is 10.7. The Bertz CT molecular complexity index is 1740. The lowest BCUT2D eigenvalue weighted by Gasteiger charge is -2.36. The summed E-state index contributed by atoms with van der Waals surface area (Å²) in [6.45, 7) is 6.48. The van der Waals surface area contributed by atoms with Crippen LogP contribution in [0, 0.1) is 0 Å². The van der Waals surface area contributed by atoms with E-state index in [0.717, 1.165) is 52.5 Å². The number of piperazine rings is 1. The number of likely N-dealkylation sites (tertiary alicyclic amines) is 1. The molecule has 1 aliphatic carbocycles. The number of hydrogen-bond acceptors (Lipinski definition) is 7. The van der Waals surface area contributed by atoms with Crippen LogP contribution in [0.3, 0.4) is 0 Å². The molecule has 4 aromatic rings. The lowest BCUT2D eigenvalue weighted by Crippen LogP contribution is -2.53. The van der Waals surface area contributed by atoms with Crippen molar-refractivity contribution in [2.45, 2.75) is 30.8 Å². The number of amides is 3. The van der Waals surface area contributed by atoms with Crippen molar-refractivity contribution in [3.05, 3.63) is 72.8 Å². The predicted molar refractivity (Wildman–Crippen MR) is 164 cm³/mol. The number of nitrogen functional groups attached to an aromatic ring is 1. The number of aromatic amines is 1. The first-order chi connectivity index (χ1) is 21.4. The van der Waals surface area contributed by atoms with Crippen LogP contribution in [0.1, 0.15) is 36.6 Å². The number of carbonyl (C=O) groups is 2. The molecule has 2 saturated heterocycles. The minimum Gasteiger partial charge on any atom is -0.383 e. The normalized spacial score (nSPS) is 20.3. The molecule has 44 heavy (non-hydrogen) atoms. The number of rotatable bonds is 6. The van der Waals surface area contributed by atoms with E-state index in [0.29, 0.717) is 57.4 Å². The maximum Gasteiger partial charge on any atom is 0.320 e. The first kappa shape index (κ1) is 28.0. The number of aromatic nitrogens is 5. The predicted octanol–water partition coefficient (Wildman–Crippen LogP) is 2.75. The molecule has 0 spiro atoms. The molecule has 226 valence electrons. The van der Waals surface area contributed by atoms with Crippen LogP contribution in [0.15, 0.2) is 61.4 Å². The third-order valence-corrected chi connectivity index (χ3v) is 9.08. The fraction of sp³-hybridized carbons (Fsp3) is 0.375. The fourth-order valence-electron chi connectivity index (χ4n) is 6.34. The zero-order valence-electron chi connectivity index (χ0n) is 24.8. The van der Waals surface area contributed by atoms with Gasteiger partial charge in [-0.15, -0.1) is 4.98 Å². The van der Waals surface area contributed by atoms with Crippen LogP contribution in [-0.4, -0.2) is 93.0 Å². The van der Waals surface area contributed by atoms with E-state index >= 15 is 0 Å². The highest BCUT2D eigenvalue weighted by Crippen LogP contribution is 2.39. The number of imidazole rings is 1. The van der Waals surface area contributed by atoms with Crippen molar-refractivity contribution in [3.8, 4) is 17.1 Å². The van der Waals surface area contributed by atoms with Crippen LogP contribution in [0.25, 0.3) is 28.2 Å². The van der Waals surface area contributed by atoms with Gasteiger partial charge in [0, 0.05) is 58.4 Å². The summed E-state index contributed by atoms with van der Waals surface area (Å²) >= 11 is 0. The average Bonchev–Trinajstić information content (AvgIpc) is 3.71. The van der Waals surface area contributed by atoms with Crippen molar-refractivity contribution in [3.63, 3.8) is 0 Å². The summed E-state index contributed by atoms with van der Waals surface area (Å²) in [5, 5.41) is 0. The van der Waals surface area contributed by atoms with Gasteiger partial charge in [0.2, 0.25) is 11.7 Å². The Morgan fingerprint density at radius 1 is 1.07 bits per heavy atom. The Balaban J connectivity index is 1.17. The maximum absolute atomic E-state index is 13.4. The number of nitrogens with two attached hydrogens (primary N) is 1. The summed E-state index contributed by atoms with van der Waals surface area (Å²) in [4.78, 5) is 48.5. The van der Waals surface area contributed by atoms with Crippen LogP contribution >= 0.6 is 0 Å². The van der Waals surface area contributed by atoms with Crippen LogP contribution in [0.2, 0.25) is 0 Å². The first-order valence-corrected chi connectivity index (χ1v) is 15.0. The van der Waals surface area contributed by atoms with Gasteiger partial charge in [-0.2, -0.15) is 4.57 Å². The Morgan fingerprint density at radius 3 is 2.55 bits per heavy atom. The van der Waals surface area contributed by atoms with Gasteiger partial charge in [-0.1, -0.05) is 6.58 Å². The van der Waals surface area contributed by atoms with Crippen molar-refractivity contribution >= 4 is 28.9 Å². The smallest absolute Gasteiger partial charge is 0.320 e. The molecule has 6 heterocycles. The van der Waals surface area contributed by atoms with Crippen LogP contribution < -0.4 is 10.3 Å². The Hall–Kier alpha value is -4.84. The van der Waals surface area contributed by atoms with Crippen LogP contribution in [0.5, 0.6) is 0 Å². The van der Waals surface area contributed by atoms with Crippen molar-refractivity contribution in [2.75, 3.05) is 52.1 Å². The molecule has 3 fully saturated rings. The van der Waals surface area contributed by atoms with Crippen molar-refractivity contribution < 1.29 is 18.9 Å². The van der Waals surface area contributed by atoms with E-state index in [9.17, 15) is 9.59 Å². The molecule has 3 amide bonds. The molecule has 0 aromatic carbocycles. The number of fused-ring (bicyclic) bond motifs is 1. The molecule has 0 unspecified atom stereocenters. The fourth-order valence-corrected chi connectivity index (χ4v) is 6.34. The number of methoxy groups -OCH3 is 1. The highest BCUT2D eigenvalue weighted by Gasteiger charge is 2.44. The minimum atomic E-state index is -0.728. The van der Waals surface area contributed by atoms with Gasteiger partial charge in [-0.25, -0.2) is 9.78 Å². The number of hydrogen-bond donors (Lipinski definition) is 2. The van der Waals surface area contributed by atoms with E-state index in [4.69, 9.17) is 20.4 Å². The standard InChI is InChI=1S/C32H35N9O3/c1-3-27(42)38-15-17-39(18-16-38)31(43)40-14-12-32(20-40,44-2)26-11-8-22(19-35-26)41-29(23-5-4-13-34-28(23)33)37-25-10-9-24(21-6-7-21)36-30(25)41/h3-5,8-11,13,19,21H,1,6-7,12,14-18,20H2,2H3,(H2,33,34,37)/p+1/t32-/m0/s1. The first-order valence-electron chi connectivity index (χ1n) is 15.0. The monoisotopic (exact) mass is 594 g/mol. The number of H-pyrrole nitrogens is 1. The summed E-state index contributed by atoms with van der Waals surface area (Å²) in [6, 6.07) is 11.9. The second kappa shape index (κ2) is 11.0. The minimum absolute atomic E-state index is 0.0446. The number of urea groups is 1. The zero-order chi connectivity index (χ0) is 30.4. The van der Waals surface area contributed by atoms with E-state index in [-0.39, 0.29) is 11.9 Å². The lowest BCUT2D eigenvalue weighted by molar-refractivity contribution is -0.557. The van der Waals surface area contributed by atoms with Gasteiger partial charge in [0.05, 0.1) is 24.0 Å². The SMILES string of the molecule is C=CC(=O)N1CCN(C(=O)N2CC[C@@](OC)(c3ccc(-[n+]4c(-c5cccnc5N)[nH]c5ccc(C6CC6)nc54)cn3)C2)CC1. The third-order valence-electron chi connectivity index (χ3n) is 9.08. The molecule has 4 aromatic heterocycles. The van der Waals surface area contributed by atoms with E-state index in [2.05, 4.69) is 28.7 Å². The van der Waals surface area contributed by atoms with Gasteiger partial charge in [-0.05, 0) is 55.3 Å². The zero-order valence-corrected chi connectivity index (χ0v) is 24.8. The number of pyridine rings is 3. The van der Waals surface area contributed by atoms with Crippen molar-refractivity contribution in [2.24, 2.45) is 0 Å². The molecule has 3 aliphatic rings. The number of anilines is 1. The van der Waals surface area contributed by atoms with Crippen LogP contribution in [0.4, 0.5) is 10.6 Å². The van der Waals surface area contributed by atoms with Crippen molar-refractivity contribution in [1.82, 2.24) is 34.6 Å². The Kier molecular flexibility index (Phi) is 7.00. The number of ether oxygens (including phenoxy) is 1. The summed E-state index contributed by atoms with van der Waals surface area (Å²) in [5.74, 6) is 1.59. The number of carbonyl (C=O) groups excluding carboxylic acids is 2. The van der Waals surface area contributed by atoms with E-state index in [1.54, 1.807) is 23.1 Å². The molecule has 7 rings (SSSR count). The van der Waals surface area contributed by atoms with E-state index in [1.165, 1.54) is 6.08 Å². The molecule has 1 atom stereocenters. The Labute approximate surface area is 255 Å². The van der Waals surface area contributed by atoms with Gasteiger partial charge in [0.25, 0.3) is 0 Å². The molecular weight excluding hydrogens is 558 g/mol. The molecular formula is C32H36N9O3+. The molecule has 12 nitrogen and oxygen atoms in total. The molecule has 2 aliphatic heterocycles. The quantitative estimate of drug-likeness (QED) is 0.259. The highest BCUT2D eigenvalue weighted by atomic mass is 16.5. The number of nitrogens with one attached hydrogen (secondary N) is 1. The maximum atomic E-state index is 13.4. The topological polar surface area (TPSA) is 137 Å². The van der Waals surface area contributed by atoms with Gasteiger partial charge in [-0.3, -0.25) is 14.8 Å². The van der Waals surface area contributed by atoms with Crippen molar-refractivity contribution in [1.29, 1.82) is 0 Å². The highest BCUT2D eigenvalue weighted by molar-refractivity contribution is 5.87. The van der Waals surface area contributed by atoms with Gasteiger partial charge < -0.3 is 25.2 Å². The Morgan fingerprint density at radius 2 is 1.86 bits per heavy atom. The van der Waals surface area contributed by atoms with Gasteiger partial charge >= 0.3 is 11.7 Å². The molecule has 12 heteroatoms. The second-order valence-corrected chi connectivity index (χ2v) is 11.7. The van der Waals surface area contributed by atoms with Crippen LogP contribution in [-0.2, 0) is 15.1 Å². The molecule has 0 radical (unpaired) electrons. The van der Waals surface area contributed by atoms with Gasteiger partial charge in [0.1, 0.15) is 22.8 Å². The lowest BCUT2D eigenvalue weighted by atomic mass is 9.97. The van der Waals surface area contributed by atoms with E-state index < -0.39 is 5.60 Å². The third kappa shape index (κ3) is 4.84. The van der Waals surface area contributed by atoms with Gasteiger partial charge in [0.15, 0.2) is 5.52 Å². The summed E-state index contributed by atoms with van der Waals surface area (Å²) in [6.07, 6.45) is 7.76. The summed E-state index contributed by atoms with van der Waals surface area (Å²) < 4.78 is 8.13. The van der Waals surface area contributed by atoms with E-state index in [1.807, 2.05) is 39.9 Å². The largest absolute Gasteiger partial charge is 0.383 e. The summed E-state index contributed by atoms with van der Waals surface area (Å²) in [7, 11) is 1.67. The molecule has 3 N–H and O–H groups in total. The molecule has 0 bridgehead atoms. The second-order valence-electron chi connectivity index (χ2n) is 11.7.